The van der Waals surface area contributed by atoms with Crippen molar-refractivity contribution in [1.82, 2.24) is 4.90 Å². The van der Waals surface area contributed by atoms with Gasteiger partial charge in [-0.15, -0.1) is 11.3 Å². The second-order valence-electron chi connectivity index (χ2n) is 4.29. The van der Waals surface area contributed by atoms with Crippen LogP contribution in [0.3, 0.4) is 0 Å². The van der Waals surface area contributed by atoms with E-state index in [1.54, 1.807) is 11.3 Å². The van der Waals surface area contributed by atoms with Gasteiger partial charge in [0.05, 0.1) is 4.88 Å². The Morgan fingerprint density at radius 2 is 2.38 bits per heavy atom. The number of piperidine rings is 1. The van der Waals surface area contributed by atoms with Crippen molar-refractivity contribution in [3.05, 3.63) is 21.9 Å². The van der Waals surface area contributed by atoms with Crippen LogP contribution in [0.1, 0.15) is 33.8 Å². The van der Waals surface area contributed by atoms with Crippen LogP contribution in [0.5, 0.6) is 0 Å². The van der Waals surface area contributed by atoms with Gasteiger partial charge in [0.25, 0.3) is 5.91 Å². The third-order valence-electron chi connectivity index (χ3n) is 3.11. The third-order valence-corrected chi connectivity index (χ3v) is 4.10. The van der Waals surface area contributed by atoms with Crippen LogP contribution >= 0.6 is 11.3 Å². The number of nitrogens with zero attached hydrogens (tertiary/aromatic N) is 1. The largest absolute Gasteiger partial charge is 0.334 e. The molecule has 0 aromatic carbocycles. The summed E-state index contributed by atoms with van der Waals surface area (Å²) < 4.78 is 0. The van der Waals surface area contributed by atoms with Gasteiger partial charge >= 0.3 is 0 Å². The zero-order valence-corrected chi connectivity index (χ0v) is 10.4. The van der Waals surface area contributed by atoms with E-state index in [1.807, 2.05) is 24.0 Å². The summed E-state index contributed by atoms with van der Waals surface area (Å²) in [5, 5.41) is 0. The quantitative estimate of drug-likeness (QED) is 0.856. The summed E-state index contributed by atoms with van der Waals surface area (Å²) in [5.41, 5.74) is 5.72. The molecule has 1 aromatic rings. The molecule has 1 saturated heterocycles. The molecule has 1 aliphatic rings. The first-order valence-corrected chi connectivity index (χ1v) is 6.61. The summed E-state index contributed by atoms with van der Waals surface area (Å²) in [6.07, 6.45) is 3.34. The molecule has 1 aliphatic heterocycles. The van der Waals surface area contributed by atoms with Gasteiger partial charge < -0.3 is 10.6 Å². The van der Waals surface area contributed by atoms with Crippen molar-refractivity contribution >= 4 is 17.2 Å². The lowest BCUT2D eigenvalue weighted by Gasteiger charge is -2.34. The Labute approximate surface area is 100 Å². The highest BCUT2D eigenvalue weighted by molar-refractivity contribution is 7.13. The highest BCUT2D eigenvalue weighted by Crippen LogP contribution is 2.22. The number of thiophene rings is 1. The molecule has 3 nitrogen and oxygen atoms in total. The fourth-order valence-corrected chi connectivity index (χ4v) is 3.03. The topological polar surface area (TPSA) is 46.3 Å². The minimum atomic E-state index is 0.160. The van der Waals surface area contributed by atoms with E-state index < -0.39 is 0 Å². The van der Waals surface area contributed by atoms with Crippen LogP contribution in [0.4, 0.5) is 0 Å². The summed E-state index contributed by atoms with van der Waals surface area (Å²) >= 11 is 1.57. The molecule has 1 aromatic heterocycles. The van der Waals surface area contributed by atoms with Gasteiger partial charge in [0.1, 0.15) is 0 Å². The molecule has 4 heteroatoms. The monoisotopic (exact) mass is 238 g/mol. The average Bonchev–Trinajstić information content (AvgIpc) is 2.75. The molecule has 2 N–H and O–H groups in total. The third kappa shape index (κ3) is 2.28. The van der Waals surface area contributed by atoms with Crippen molar-refractivity contribution in [2.75, 3.05) is 13.1 Å². The standard InChI is InChI=1S/C12H18N2OS/c1-9-5-6-11(16-9)12(15)14-7-3-2-4-10(14)8-13/h5-6,10H,2-4,7-8,13H2,1H3. The van der Waals surface area contributed by atoms with E-state index in [2.05, 4.69) is 0 Å². The number of hydrogen-bond donors (Lipinski definition) is 1. The number of hydrogen-bond acceptors (Lipinski definition) is 3. The maximum atomic E-state index is 12.3. The van der Waals surface area contributed by atoms with Crippen LogP contribution in [-0.2, 0) is 0 Å². The summed E-state index contributed by atoms with van der Waals surface area (Å²) in [6, 6.07) is 4.16. The van der Waals surface area contributed by atoms with Gasteiger partial charge in [-0.25, -0.2) is 0 Å². The van der Waals surface area contributed by atoms with Crippen LogP contribution in [0.15, 0.2) is 12.1 Å². The van der Waals surface area contributed by atoms with Gasteiger partial charge in [-0.2, -0.15) is 0 Å². The molecule has 2 heterocycles. The van der Waals surface area contributed by atoms with Crippen LogP contribution in [0.2, 0.25) is 0 Å². The predicted octanol–water partition coefficient (Wildman–Crippen LogP) is 2.01. The molecular weight excluding hydrogens is 220 g/mol. The molecule has 0 radical (unpaired) electrons. The molecular formula is C12H18N2OS. The lowest BCUT2D eigenvalue weighted by Crippen LogP contribution is -2.47. The summed E-state index contributed by atoms with van der Waals surface area (Å²) in [7, 11) is 0. The molecule has 1 unspecified atom stereocenters. The number of carbonyl (C=O) groups excluding carboxylic acids is 1. The Hall–Kier alpha value is -0.870. The molecule has 0 bridgehead atoms. The first kappa shape index (κ1) is 11.6. The maximum Gasteiger partial charge on any atom is 0.264 e. The van der Waals surface area contributed by atoms with Crippen LogP contribution in [0, 0.1) is 6.92 Å². The van der Waals surface area contributed by atoms with Gasteiger partial charge in [0.2, 0.25) is 0 Å². The normalized spacial score (nSPS) is 21.1. The highest BCUT2D eigenvalue weighted by Gasteiger charge is 2.26. The fraction of sp³-hybridized carbons (Fsp3) is 0.583. The van der Waals surface area contributed by atoms with Crippen LogP contribution in [-0.4, -0.2) is 29.9 Å². The number of carbonyl (C=O) groups is 1. The average molecular weight is 238 g/mol. The molecule has 1 amide bonds. The fourth-order valence-electron chi connectivity index (χ4n) is 2.20. The zero-order valence-electron chi connectivity index (χ0n) is 9.61. The summed E-state index contributed by atoms with van der Waals surface area (Å²) in [5.74, 6) is 0.160. The van der Waals surface area contributed by atoms with Crippen molar-refractivity contribution in [1.29, 1.82) is 0 Å². The van der Waals surface area contributed by atoms with Crippen LogP contribution < -0.4 is 5.73 Å². The molecule has 0 saturated carbocycles. The second-order valence-corrected chi connectivity index (χ2v) is 5.58. The molecule has 0 aliphatic carbocycles. The Morgan fingerprint density at radius 3 is 3.00 bits per heavy atom. The first-order valence-electron chi connectivity index (χ1n) is 5.80. The molecule has 1 fully saturated rings. The Balaban J connectivity index is 2.13. The van der Waals surface area contributed by atoms with E-state index in [9.17, 15) is 4.79 Å². The smallest absolute Gasteiger partial charge is 0.264 e. The lowest BCUT2D eigenvalue weighted by atomic mass is 10.0. The molecule has 88 valence electrons. The van der Waals surface area contributed by atoms with E-state index in [0.717, 1.165) is 24.3 Å². The van der Waals surface area contributed by atoms with Crippen molar-refractivity contribution in [3.8, 4) is 0 Å². The van der Waals surface area contributed by atoms with E-state index >= 15 is 0 Å². The summed E-state index contributed by atoms with van der Waals surface area (Å²) in [6.45, 7) is 3.46. The number of aryl methyl sites for hydroxylation is 1. The van der Waals surface area contributed by atoms with E-state index in [1.165, 1.54) is 11.3 Å². The van der Waals surface area contributed by atoms with Gasteiger partial charge in [-0.1, -0.05) is 0 Å². The van der Waals surface area contributed by atoms with E-state index in [0.29, 0.717) is 6.54 Å². The molecule has 16 heavy (non-hydrogen) atoms. The highest BCUT2D eigenvalue weighted by atomic mass is 32.1. The van der Waals surface area contributed by atoms with Crippen molar-refractivity contribution < 1.29 is 4.79 Å². The predicted molar refractivity (Wildman–Crippen MR) is 66.8 cm³/mol. The van der Waals surface area contributed by atoms with E-state index in [4.69, 9.17) is 5.73 Å². The van der Waals surface area contributed by atoms with Crippen molar-refractivity contribution in [2.45, 2.75) is 32.2 Å². The SMILES string of the molecule is Cc1ccc(C(=O)N2CCCCC2CN)s1. The number of rotatable bonds is 2. The van der Waals surface area contributed by atoms with Crippen molar-refractivity contribution in [3.63, 3.8) is 0 Å². The minimum Gasteiger partial charge on any atom is -0.334 e. The van der Waals surface area contributed by atoms with E-state index in [-0.39, 0.29) is 11.9 Å². The Kier molecular flexibility index (Phi) is 3.61. The molecule has 0 spiro atoms. The van der Waals surface area contributed by atoms with Crippen LogP contribution in [0.25, 0.3) is 0 Å². The van der Waals surface area contributed by atoms with Gasteiger partial charge in [-0.05, 0) is 38.3 Å². The Morgan fingerprint density at radius 1 is 1.56 bits per heavy atom. The number of nitrogens with two attached hydrogens (primary N) is 1. The van der Waals surface area contributed by atoms with Crippen molar-refractivity contribution in [2.24, 2.45) is 5.73 Å². The summed E-state index contributed by atoms with van der Waals surface area (Å²) in [4.78, 5) is 16.2. The van der Waals surface area contributed by atoms with Gasteiger partial charge in [0.15, 0.2) is 0 Å². The lowest BCUT2D eigenvalue weighted by molar-refractivity contribution is 0.0628. The van der Waals surface area contributed by atoms with Gasteiger partial charge in [0, 0.05) is 24.0 Å². The van der Waals surface area contributed by atoms with Gasteiger partial charge in [-0.3, -0.25) is 4.79 Å². The Bertz CT molecular complexity index is 375. The maximum absolute atomic E-state index is 12.3. The second kappa shape index (κ2) is 4.97. The first-order chi connectivity index (χ1) is 7.72. The minimum absolute atomic E-state index is 0.160. The molecule has 1 atom stereocenters. The zero-order chi connectivity index (χ0) is 11.5. The molecule has 2 rings (SSSR count). The number of amides is 1. The number of likely N-dealkylation sites (tertiary alicyclic amines) is 1.